The summed E-state index contributed by atoms with van der Waals surface area (Å²) in [5.41, 5.74) is 3.79. The van der Waals surface area contributed by atoms with Gasteiger partial charge < -0.3 is 9.64 Å². The molecule has 0 saturated heterocycles. The third kappa shape index (κ3) is 11.8. The van der Waals surface area contributed by atoms with Crippen molar-refractivity contribution < 1.29 is 14.1 Å². The van der Waals surface area contributed by atoms with Crippen LogP contribution in [0.5, 0.6) is 5.75 Å². The number of hydrogen-bond acceptors (Lipinski definition) is 2. The number of pyridine rings is 1. The predicted molar refractivity (Wildman–Crippen MR) is 181 cm³/mol. The van der Waals surface area contributed by atoms with Crippen LogP contribution in [0.2, 0.25) is 0 Å². The van der Waals surface area contributed by atoms with Crippen LogP contribution in [0, 0.1) is 0 Å². The van der Waals surface area contributed by atoms with Gasteiger partial charge in [-0.2, -0.15) is 0 Å². The van der Waals surface area contributed by atoms with Crippen molar-refractivity contribution in [3.05, 3.63) is 89.7 Å². The van der Waals surface area contributed by atoms with Gasteiger partial charge in [-0.1, -0.05) is 123 Å². The van der Waals surface area contributed by atoms with Gasteiger partial charge in [-0.25, -0.2) is 4.57 Å². The Kier molecular flexibility index (Phi) is 14.8. The van der Waals surface area contributed by atoms with Crippen molar-refractivity contribution in [3.8, 4) is 5.75 Å². The minimum absolute atomic E-state index is 0.00129. The maximum Gasteiger partial charge on any atom is 0.264 e. The largest absolute Gasteiger partial charge is 0.493 e. The molecule has 0 aliphatic rings. The lowest BCUT2D eigenvalue weighted by molar-refractivity contribution is -0.693. The highest BCUT2D eigenvalue weighted by Crippen LogP contribution is 2.33. The molecule has 0 fully saturated rings. The van der Waals surface area contributed by atoms with Crippen LogP contribution in [-0.2, 0) is 18.5 Å². The molecule has 0 unspecified atom stereocenters. The van der Waals surface area contributed by atoms with Crippen LogP contribution in [0.4, 0.5) is 5.69 Å². The second-order valence-corrected chi connectivity index (χ2v) is 13.0. The van der Waals surface area contributed by atoms with Gasteiger partial charge in [0, 0.05) is 11.8 Å². The van der Waals surface area contributed by atoms with Crippen LogP contribution in [0.1, 0.15) is 133 Å². The molecule has 0 aliphatic heterocycles. The highest BCUT2D eigenvalue weighted by Gasteiger charge is 2.23. The molecule has 43 heavy (non-hydrogen) atoms. The SMILES string of the molecule is CCCCCCCCCCCCCCOc1ccc(CN(C(=O)c2ccc[n+](CC)c2)c2ccccc2)cc1C(C)(C)C. The number of rotatable bonds is 19. The molecule has 1 heterocycles. The van der Waals surface area contributed by atoms with Crippen LogP contribution in [0.25, 0.3) is 0 Å². The zero-order valence-corrected chi connectivity index (χ0v) is 27.7. The van der Waals surface area contributed by atoms with E-state index in [-0.39, 0.29) is 11.3 Å². The van der Waals surface area contributed by atoms with E-state index in [9.17, 15) is 4.79 Å². The van der Waals surface area contributed by atoms with Gasteiger partial charge in [-0.15, -0.1) is 0 Å². The van der Waals surface area contributed by atoms with Gasteiger partial charge >= 0.3 is 0 Å². The van der Waals surface area contributed by atoms with Crippen molar-refractivity contribution in [1.29, 1.82) is 0 Å². The molecule has 4 nitrogen and oxygen atoms in total. The monoisotopic (exact) mass is 585 g/mol. The number of aromatic nitrogens is 1. The lowest BCUT2D eigenvalue weighted by atomic mass is 9.85. The van der Waals surface area contributed by atoms with E-state index in [1.807, 2.05) is 64.3 Å². The summed E-state index contributed by atoms with van der Waals surface area (Å²) in [6.07, 6.45) is 20.0. The molecular formula is C39H57N2O2+. The number of unbranched alkanes of at least 4 members (excludes halogenated alkanes) is 11. The van der Waals surface area contributed by atoms with Gasteiger partial charge in [0.2, 0.25) is 0 Å². The van der Waals surface area contributed by atoms with Crippen molar-refractivity contribution in [1.82, 2.24) is 0 Å². The summed E-state index contributed by atoms with van der Waals surface area (Å²) in [5, 5.41) is 0. The van der Waals surface area contributed by atoms with E-state index in [1.54, 1.807) is 0 Å². The van der Waals surface area contributed by atoms with Crippen molar-refractivity contribution in [2.45, 2.75) is 130 Å². The molecule has 2 aromatic carbocycles. The first-order valence-electron chi connectivity index (χ1n) is 17.0. The van der Waals surface area contributed by atoms with Crippen LogP contribution in [0.15, 0.2) is 73.1 Å². The summed E-state index contributed by atoms with van der Waals surface area (Å²) < 4.78 is 8.40. The molecule has 0 radical (unpaired) electrons. The Bertz CT molecular complexity index is 1220. The average Bonchev–Trinajstić information content (AvgIpc) is 3.02. The summed E-state index contributed by atoms with van der Waals surface area (Å²) in [6, 6.07) is 20.3. The fourth-order valence-electron chi connectivity index (χ4n) is 5.58. The summed E-state index contributed by atoms with van der Waals surface area (Å²) in [7, 11) is 0. The molecule has 4 heteroatoms. The number of para-hydroxylation sites is 1. The Morgan fingerprint density at radius 2 is 1.40 bits per heavy atom. The number of anilines is 1. The molecule has 0 saturated carbocycles. The number of hydrogen-bond donors (Lipinski definition) is 0. The Hall–Kier alpha value is -3.14. The smallest absolute Gasteiger partial charge is 0.264 e. The minimum atomic E-state index is -0.0738. The molecule has 0 atom stereocenters. The Morgan fingerprint density at radius 3 is 2.00 bits per heavy atom. The Balaban J connectivity index is 1.58. The van der Waals surface area contributed by atoms with E-state index in [1.165, 1.54) is 76.2 Å². The predicted octanol–water partition coefficient (Wildman–Crippen LogP) is 10.2. The number of benzene rings is 2. The molecule has 0 spiro atoms. The molecule has 3 aromatic rings. The number of carbonyl (C=O) groups is 1. The first kappa shape index (κ1) is 34.4. The normalized spacial score (nSPS) is 11.5. The van der Waals surface area contributed by atoms with Crippen molar-refractivity contribution in [2.24, 2.45) is 0 Å². The fourth-order valence-corrected chi connectivity index (χ4v) is 5.58. The number of nitrogens with zero attached hydrogens (tertiary/aromatic N) is 2. The van der Waals surface area contributed by atoms with Crippen molar-refractivity contribution in [3.63, 3.8) is 0 Å². The standard InChI is InChI=1S/C39H57N2O2/c1-6-8-9-10-11-12-13-14-15-16-17-21-29-43-37-27-26-33(30-36(37)39(3,4)5)31-41(35-24-19-18-20-25-35)38(42)34-23-22-28-40(7-2)32-34/h18-20,22-28,30,32H,6-17,21,29,31H2,1-5H3/q+1. The Morgan fingerprint density at radius 1 is 0.767 bits per heavy atom. The Labute approximate surface area is 262 Å². The third-order valence-corrected chi connectivity index (χ3v) is 8.23. The summed E-state index contributed by atoms with van der Waals surface area (Å²) in [6.45, 7) is 13.1. The van der Waals surface area contributed by atoms with E-state index in [2.05, 4.69) is 52.8 Å². The lowest BCUT2D eigenvalue weighted by Gasteiger charge is -2.26. The summed E-state index contributed by atoms with van der Waals surface area (Å²) >= 11 is 0. The molecule has 0 N–H and O–H groups in total. The van der Waals surface area contributed by atoms with Gasteiger partial charge in [0.05, 0.1) is 13.2 Å². The van der Waals surface area contributed by atoms with Gasteiger partial charge in [0.15, 0.2) is 12.4 Å². The molecule has 0 bridgehead atoms. The zero-order valence-electron chi connectivity index (χ0n) is 27.7. The first-order chi connectivity index (χ1) is 20.8. The van der Waals surface area contributed by atoms with Gasteiger partial charge in [0.1, 0.15) is 17.9 Å². The topological polar surface area (TPSA) is 33.4 Å². The number of carbonyl (C=O) groups excluding carboxylic acids is 1. The van der Waals surface area contributed by atoms with Crippen LogP contribution in [0.3, 0.4) is 0 Å². The molecular weight excluding hydrogens is 528 g/mol. The minimum Gasteiger partial charge on any atom is -0.493 e. The second kappa shape index (κ2) is 18.5. The number of aryl methyl sites for hydroxylation is 1. The number of amides is 1. The van der Waals surface area contributed by atoms with Crippen molar-refractivity contribution >= 4 is 11.6 Å². The highest BCUT2D eigenvalue weighted by molar-refractivity contribution is 6.05. The average molecular weight is 586 g/mol. The quantitative estimate of drug-likeness (QED) is 0.104. The van der Waals surface area contributed by atoms with Crippen LogP contribution in [-0.4, -0.2) is 12.5 Å². The second-order valence-electron chi connectivity index (χ2n) is 13.0. The van der Waals surface area contributed by atoms with Crippen LogP contribution >= 0.6 is 0 Å². The van der Waals surface area contributed by atoms with Crippen molar-refractivity contribution in [2.75, 3.05) is 11.5 Å². The van der Waals surface area contributed by atoms with Crippen LogP contribution < -0.4 is 14.2 Å². The number of ether oxygens (including phenoxy) is 1. The van der Waals surface area contributed by atoms with E-state index in [0.717, 1.165) is 36.6 Å². The van der Waals surface area contributed by atoms with Gasteiger partial charge in [0.25, 0.3) is 5.91 Å². The first-order valence-corrected chi connectivity index (χ1v) is 17.0. The maximum absolute atomic E-state index is 13.8. The molecule has 1 amide bonds. The highest BCUT2D eigenvalue weighted by atomic mass is 16.5. The molecule has 0 aliphatic carbocycles. The molecule has 234 valence electrons. The van der Waals surface area contributed by atoms with E-state index in [4.69, 9.17) is 4.74 Å². The fraction of sp³-hybridized carbons (Fsp3) is 0.538. The molecule has 1 aromatic heterocycles. The maximum atomic E-state index is 13.8. The van der Waals surface area contributed by atoms with E-state index in [0.29, 0.717) is 12.1 Å². The third-order valence-electron chi connectivity index (χ3n) is 8.23. The van der Waals surface area contributed by atoms with Gasteiger partial charge in [-0.3, -0.25) is 4.79 Å². The zero-order chi connectivity index (χ0) is 30.9. The molecule has 3 rings (SSSR count). The lowest BCUT2D eigenvalue weighted by Crippen LogP contribution is -2.36. The van der Waals surface area contributed by atoms with Gasteiger partial charge in [-0.05, 0) is 60.2 Å². The summed E-state index contributed by atoms with van der Waals surface area (Å²) in [4.78, 5) is 15.7. The van der Waals surface area contributed by atoms with E-state index >= 15 is 0 Å². The van der Waals surface area contributed by atoms with E-state index < -0.39 is 0 Å². The summed E-state index contributed by atoms with van der Waals surface area (Å²) in [5.74, 6) is 0.961.